The number of rotatable bonds is 4. The van der Waals surface area contributed by atoms with Gasteiger partial charge < -0.3 is 14.2 Å². The van der Waals surface area contributed by atoms with Gasteiger partial charge in [0, 0.05) is 44.6 Å². The molecule has 8 heteroatoms. The van der Waals surface area contributed by atoms with Crippen LogP contribution in [0.15, 0.2) is 103 Å². The zero-order chi connectivity index (χ0) is 24.1. The topological polar surface area (TPSA) is 77.5 Å². The van der Waals surface area contributed by atoms with Crippen LogP contribution in [0.5, 0.6) is 17.4 Å². The van der Waals surface area contributed by atoms with Crippen LogP contribution in [-0.2, 0) is 21.1 Å². The number of hydrogen-bond acceptors (Lipinski definition) is 5. The summed E-state index contributed by atoms with van der Waals surface area (Å²) in [7, 11) is 0. The van der Waals surface area contributed by atoms with Crippen LogP contribution in [0.4, 0.5) is 0 Å². The van der Waals surface area contributed by atoms with E-state index in [0.717, 1.165) is 33.7 Å². The first kappa shape index (κ1) is 22.9. The Balaban J connectivity index is 0.00000252. The number of fused-ring (bicyclic) bond motifs is 5. The van der Waals surface area contributed by atoms with Crippen molar-refractivity contribution in [3.05, 3.63) is 109 Å². The van der Waals surface area contributed by atoms with Crippen LogP contribution >= 0.6 is 0 Å². The maximum Gasteiger partial charge on any atom is 0.217 e. The first-order chi connectivity index (χ1) is 17.8. The molecular weight excluding hydrogens is 645 g/mol. The first-order valence-electron chi connectivity index (χ1n) is 11.4. The monoisotopic (exact) mass is 663 g/mol. The van der Waals surface area contributed by atoms with Crippen molar-refractivity contribution in [1.29, 1.82) is 0 Å². The van der Waals surface area contributed by atoms with Crippen molar-refractivity contribution in [2.45, 2.75) is 0 Å². The van der Waals surface area contributed by atoms with E-state index in [1.807, 2.05) is 77.4 Å². The van der Waals surface area contributed by atoms with E-state index in [2.05, 4.69) is 26.5 Å². The average molecular weight is 664 g/mol. The van der Waals surface area contributed by atoms with E-state index >= 15 is 0 Å². The standard InChI is InChI=1S/C29H18N5O2.Pt/c35-26-12-4-1-8-20(26)21-10-7-14-28(31-21)36-19-15-16-24-25(18-19)34(27-13-5-6-17-30-27)29-32-22-9-2-3-11-23(22)33(24)29;/h1-17,35H;/q-1;. The number of pyridine rings is 2. The molecule has 4 aromatic heterocycles. The summed E-state index contributed by atoms with van der Waals surface area (Å²) in [4.78, 5) is 14.1. The number of phenolic OH excluding ortho intramolecular Hbond substituents is 1. The molecular formula is C29H18N5O2Pt-. The minimum atomic E-state index is 0. The molecule has 3 aromatic carbocycles. The Bertz CT molecular complexity index is 1900. The number of aromatic nitrogens is 5. The third-order valence-corrected chi connectivity index (χ3v) is 6.08. The Morgan fingerprint density at radius 3 is 2.46 bits per heavy atom. The number of aromatic hydroxyl groups is 1. The summed E-state index contributed by atoms with van der Waals surface area (Å²) in [5, 5.41) is 10.2. The van der Waals surface area contributed by atoms with Crippen LogP contribution in [0.25, 0.3) is 44.9 Å². The van der Waals surface area contributed by atoms with Crippen molar-refractivity contribution in [1.82, 2.24) is 23.9 Å². The van der Waals surface area contributed by atoms with Crippen LogP contribution in [-0.4, -0.2) is 29.0 Å². The van der Waals surface area contributed by atoms with E-state index in [0.29, 0.717) is 22.9 Å². The van der Waals surface area contributed by atoms with Gasteiger partial charge >= 0.3 is 0 Å². The number of hydrogen-bond donors (Lipinski definition) is 1. The second kappa shape index (κ2) is 9.19. The maximum absolute atomic E-state index is 10.2. The van der Waals surface area contributed by atoms with Gasteiger partial charge in [-0.15, -0.1) is 18.2 Å². The zero-order valence-corrected chi connectivity index (χ0v) is 21.5. The quantitative estimate of drug-likeness (QED) is 0.228. The van der Waals surface area contributed by atoms with Gasteiger partial charge in [0.05, 0.1) is 16.7 Å². The number of imidazole rings is 2. The molecule has 0 bridgehead atoms. The van der Waals surface area contributed by atoms with Crippen LogP contribution in [0.3, 0.4) is 0 Å². The van der Waals surface area contributed by atoms with E-state index in [4.69, 9.17) is 9.72 Å². The van der Waals surface area contributed by atoms with Gasteiger partial charge in [0.1, 0.15) is 11.6 Å². The molecule has 0 radical (unpaired) electrons. The molecule has 0 saturated heterocycles. The summed E-state index contributed by atoms with van der Waals surface area (Å²) in [6, 6.07) is 33.6. The average Bonchev–Trinajstić information content (AvgIpc) is 3.44. The number of para-hydroxylation sites is 3. The fraction of sp³-hybridized carbons (Fsp3) is 0. The summed E-state index contributed by atoms with van der Waals surface area (Å²) in [5.74, 6) is 2.56. The van der Waals surface area contributed by atoms with Crippen LogP contribution in [0.1, 0.15) is 0 Å². The smallest absolute Gasteiger partial charge is 0.217 e. The van der Waals surface area contributed by atoms with Gasteiger partial charge in [-0.25, -0.2) is 15.0 Å². The fourth-order valence-electron chi connectivity index (χ4n) is 4.49. The van der Waals surface area contributed by atoms with Crippen molar-refractivity contribution in [3.8, 4) is 34.5 Å². The summed E-state index contributed by atoms with van der Waals surface area (Å²) in [6.45, 7) is 0. The minimum absolute atomic E-state index is 0. The Kier molecular flexibility index (Phi) is 5.70. The molecule has 37 heavy (non-hydrogen) atoms. The Labute approximate surface area is 225 Å². The molecule has 7 rings (SSSR count). The molecule has 0 amide bonds. The zero-order valence-electron chi connectivity index (χ0n) is 19.2. The molecule has 0 unspecified atom stereocenters. The summed E-state index contributed by atoms with van der Waals surface area (Å²) < 4.78 is 10.2. The second-order valence-electron chi connectivity index (χ2n) is 8.30. The molecule has 0 saturated carbocycles. The molecule has 7 aromatic rings. The van der Waals surface area contributed by atoms with Gasteiger partial charge in [0.25, 0.3) is 0 Å². The van der Waals surface area contributed by atoms with Crippen LogP contribution < -0.4 is 4.74 Å². The first-order valence-corrected chi connectivity index (χ1v) is 11.4. The van der Waals surface area contributed by atoms with Crippen molar-refractivity contribution in [2.24, 2.45) is 0 Å². The van der Waals surface area contributed by atoms with E-state index in [1.54, 1.807) is 24.4 Å². The molecule has 0 fully saturated rings. The largest absolute Gasteiger partial charge is 0.507 e. The molecule has 0 atom stereocenters. The van der Waals surface area contributed by atoms with E-state index in [9.17, 15) is 5.11 Å². The Hall–Kier alpha value is -4.48. The fourth-order valence-corrected chi connectivity index (χ4v) is 4.49. The summed E-state index contributed by atoms with van der Waals surface area (Å²) >= 11 is 0. The van der Waals surface area contributed by atoms with Crippen LogP contribution in [0, 0.1) is 6.07 Å². The molecule has 7 nitrogen and oxygen atoms in total. The molecule has 1 N–H and O–H groups in total. The Morgan fingerprint density at radius 2 is 1.59 bits per heavy atom. The second-order valence-corrected chi connectivity index (χ2v) is 8.30. The maximum atomic E-state index is 10.2. The van der Waals surface area contributed by atoms with Gasteiger partial charge in [0.15, 0.2) is 0 Å². The van der Waals surface area contributed by atoms with Gasteiger partial charge in [-0.3, -0.25) is 4.57 Å². The number of nitrogens with zero attached hydrogens (tertiary/aromatic N) is 5. The molecule has 0 aliphatic rings. The van der Waals surface area contributed by atoms with Crippen molar-refractivity contribution in [2.75, 3.05) is 0 Å². The van der Waals surface area contributed by atoms with Crippen molar-refractivity contribution >= 4 is 27.8 Å². The van der Waals surface area contributed by atoms with E-state index < -0.39 is 0 Å². The number of ether oxygens (including phenoxy) is 1. The number of phenols is 1. The van der Waals surface area contributed by atoms with Crippen LogP contribution in [0.2, 0.25) is 0 Å². The molecule has 0 aliphatic heterocycles. The third kappa shape index (κ3) is 3.84. The third-order valence-electron chi connectivity index (χ3n) is 6.08. The minimum Gasteiger partial charge on any atom is -0.507 e. The molecule has 0 spiro atoms. The molecule has 182 valence electrons. The van der Waals surface area contributed by atoms with Crippen molar-refractivity contribution < 1.29 is 30.9 Å². The number of benzene rings is 3. The van der Waals surface area contributed by atoms with Crippen molar-refractivity contribution in [3.63, 3.8) is 0 Å². The van der Waals surface area contributed by atoms with Gasteiger partial charge in [-0.2, -0.15) is 0 Å². The summed E-state index contributed by atoms with van der Waals surface area (Å²) in [5.41, 5.74) is 4.90. The van der Waals surface area contributed by atoms with Gasteiger partial charge in [-0.1, -0.05) is 36.4 Å². The SMILES string of the molecule is Oc1ccccc1-c1cccc(Oc2[c-]c3c(cc2)n2c4ccccc4nc2n3-c2ccccn2)n1.[Pt]. The van der Waals surface area contributed by atoms with Gasteiger partial charge in [-0.05, 0) is 53.5 Å². The van der Waals surface area contributed by atoms with Gasteiger partial charge in [0.2, 0.25) is 11.7 Å². The molecule has 4 heterocycles. The predicted molar refractivity (Wildman–Crippen MR) is 138 cm³/mol. The molecule has 0 aliphatic carbocycles. The normalized spacial score (nSPS) is 11.1. The Morgan fingerprint density at radius 1 is 0.757 bits per heavy atom. The summed E-state index contributed by atoms with van der Waals surface area (Å²) in [6.07, 6.45) is 1.76. The van der Waals surface area contributed by atoms with E-state index in [1.165, 1.54) is 0 Å². The predicted octanol–water partition coefficient (Wildman–Crippen LogP) is 6.18. The van der Waals surface area contributed by atoms with E-state index in [-0.39, 0.29) is 26.8 Å².